The first-order chi connectivity index (χ1) is 43.1. The predicted octanol–water partition coefficient (Wildman–Crippen LogP) is 7.75. The van der Waals surface area contributed by atoms with Crippen LogP contribution in [0.3, 0.4) is 0 Å². The van der Waals surface area contributed by atoms with E-state index in [0.29, 0.717) is 16.5 Å². The number of methoxy groups -OCH3 is 3. The molecule has 3 fully saturated rings. The first-order valence-electron chi connectivity index (χ1n) is 28.5. The molecule has 3 amide bonds. The smallest absolute Gasteiger partial charge is 0.870 e. The van der Waals surface area contributed by atoms with Crippen LogP contribution in [0.2, 0.25) is 10.0 Å². The third kappa shape index (κ3) is 19.4. The van der Waals surface area contributed by atoms with Crippen molar-refractivity contribution in [2.75, 3.05) is 41.0 Å². The molecule has 2 aromatic carbocycles. The molecule has 3 N–H and O–H groups in total. The molecule has 35 heteroatoms. The second-order valence-corrected chi connectivity index (χ2v) is 25.2. The third-order valence-electron chi connectivity index (χ3n) is 13.8. The Morgan fingerprint density at radius 2 is 0.916 bits per heavy atom. The van der Waals surface area contributed by atoms with Crippen molar-refractivity contribution in [2.45, 2.75) is 154 Å². The normalized spacial score (nSPS) is 18.9. The van der Waals surface area contributed by atoms with Crippen molar-refractivity contribution in [1.82, 2.24) is 44.2 Å². The van der Waals surface area contributed by atoms with Crippen molar-refractivity contribution in [3.8, 4) is 34.6 Å². The number of carboxylic acid groups (broad SMARTS) is 1. The number of fused-ring (bicyclic) bond motifs is 2. The number of ether oxygens (including phenoxy) is 8. The number of Topliss-reactive ketones (excluding diaryl/α,β-unsaturated/α-hetero) is 1. The number of amides is 3. The van der Waals surface area contributed by atoms with E-state index in [1.807, 2.05) is 0 Å². The SMILES string of the molecule is COC(=O)[C@@H]1C[C@@H](O)CN1C(=O)OC(C)(C)C.COc1ccc2c(O[C@H]3C[C@@H](C(=O)O)N(C(=O)OC(C)(C)C)C3)cc(-n3ccc(C(F)(F)F)n3)nc2c1Cl.COc1ccc2c(O[C@H]3C[C@@H](C(C)=O)N(C(=O)OC(C)(C)C)C3)cc(-n3ccc(C(F)(F)F)n3)nc2c1Cl.[Li+].[OH-]. The first-order valence-corrected chi connectivity index (χ1v) is 29.3. The summed E-state index contributed by atoms with van der Waals surface area (Å²) in [6.45, 7) is 16.8. The molecule has 26 nitrogen and oxygen atoms in total. The van der Waals surface area contributed by atoms with Gasteiger partial charge in [0.05, 0.1) is 64.1 Å². The number of benzene rings is 2. The van der Waals surface area contributed by atoms with Crippen LogP contribution in [0, 0.1) is 0 Å². The van der Waals surface area contributed by atoms with E-state index in [4.69, 9.17) is 56.4 Å². The summed E-state index contributed by atoms with van der Waals surface area (Å²) in [6, 6.07) is 8.12. The number of halogens is 8. The Bertz CT molecular complexity index is 3570. The first kappa shape index (κ1) is 77.7. The standard InChI is InChI=1S/C25H26ClF3N4O5.C24H24ClF3N4O6.C11H19NO5.Li.H2O/c1-13(34)16-10-14(12-32(16)23(35)38-24(2,3)4)37-18-11-20(33-9-8-19(31-33)25(27,28)29)30-22-15(18)6-7-17(36-5)21(22)26;1-23(2,3)38-22(35)31-11-12(9-14(31)21(33)34)37-16-10-18(32-8-7-17(30-32)24(26,27)28)29-20-13(16)5-6-15(36-4)19(20)25;1-11(2,3)17-10(15)12-6-7(13)5-8(12)9(14)16-4;;/h6-9,11,14,16H,10,12H2,1-5H3;5-8,10,12,14H,9,11H2,1-4H3,(H,33,34);7-8,13H,5-6H2,1-4H3;;1H2/q;;;+1;/p-1/t14-,16-;12-,14-;7-,8+;;/m001../s1. The summed E-state index contributed by atoms with van der Waals surface area (Å²) in [5.41, 5.74) is -4.07. The molecule has 95 heavy (non-hydrogen) atoms. The number of esters is 1. The molecule has 3 aliphatic heterocycles. The summed E-state index contributed by atoms with van der Waals surface area (Å²) in [4.78, 5) is 85.3. The number of ketones is 1. The van der Waals surface area contributed by atoms with Gasteiger partial charge in [0.25, 0.3) is 0 Å². The van der Waals surface area contributed by atoms with Gasteiger partial charge in [0, 0.05) is 54.6 Å². The van der Waals surface area contributed by atoms with Crippen LogP contribution in [0.25, 0.3) is 33.4 Å². The van der Waals surface area contributed by atoms with E-state index < -0.39 is 107 Å². The number of alkyl halides is 6. The number of β-amino-alcohol motifs (C(OH)–C–C–N with tert-alkyl or cyclic N) is 1. The molecule has 3 saturated heterocycles. The molecule has 7 heterocycles. The number of aromatic nitrogens is 6. The molecule has 0 unspecified atom stereocenters. The van der Waals surface area contributed by atoms with Crippen LogP contribution in [0.4, 0.5) is 40.7 Å². The van der Waals surface area contributed by atoms with Crippen LogP contribution in [-0.4, -0.2) is 190 Å². The number of hydrogen-bond donors (Lipinski definition) is 2. The molecular weight excluding hydrogens is 1310 g/mol. The maximum atomic E-state index is 13.2. The van der Waals surface area contributed by atoms with Gasteiger partial charge in [0.1, 0.15) is 74.1 Å². The summed E-state index contributed by atoms with van der Waals surface area (Å²) >= 11 is 13.0. The number of carboxylic acids is 1. The van der Waals surface area contributed by atoms with E-state index in [-0.39, 0.29) is 119 Å². The number of rotatable bonds is 11. The van der Waals surface area contributed by atoms with Crippen LogP contribution in [0.15, 0.2) is 60.9 Å². The largest absolute Gasteiger partial charge is 1.00 e. The molecule has 0 spiro atoms. The van der Waals surface area contributed by atoms with Crippen LogP contribution in [0.5, 0.6) is 23.0 Å². The molecule has 0 radical (unpaired) electrons. The number of pyridine rings is 2. The number of carbonyl (C=O) groups excluding carboxylic acids is 5. The van der Waals surface area contributed by atoms with Gasteiger partial charge in [-0.15, -0.1) is 0 Å². The van der Waals surface area contributed by atoms with Crippen LogP contribution >= 0.6 is 23.2 Å². The summed E-state index contributed by atoms with van der Waals surface area (Å²) in [6.07, 6.45) is -11.0. The second kappa shape index (κ2) is 30.4. The Morgan fingerprint density at radius 1 is 0.547 bits per heavy atom. The minimum absolute atomic E-state index is 0. The quantitative estimate of drug-likeness (QED) is 0.0542. The third-order valence-corrected chi connectivity index (χ3v) is 14.6. The molecule has 0 saturated carbocycles. The zero-order chi connectivity index (χ0) is 69.2. The Balaban J connectivity index is 0.000000273. The maximum Gasteiger partial charge on any atom is 1.00 e. The molecule has 4 aromatic heterocycles. The minimum Gasteiger partial charge on any atom is -0.870 e. The molecule has 0 bridgehead atoms. The molecule has 6 aromatic rings. The molecule has 3 aliphatic rings. The number of aliphatic hydroxyl groups is 1. The molecule has 0 aliphatic carbocycles. The molecule has 6 atom stereocenters. The van der Waals surface area contributed by atoms with Crippen molar-refractivity contribution in [2.24, 2.45) is 0 Å². The van der Waals surface area contributed by atoms with Crippen molar-refractivity contribution in [3.05, 3.63) is 82.4 Å². The van der Waals surface area contributed by atoms with Crippen molar-refractivity contribution in [3.63, 3.8) is 0 Å². The second-order valence-electron chi connectivity index (χ2n) is 24.5. The summed E-state index contributed by atoms with van der Waals surface area (Å²) in [5, 5.41) is 27.4. The average molecular weight is 1380 g/mol. The average Bonchev–Trinajstić information content (AvgIpc) is 1.67. The predicted molar refractivity (Wildman–Crippen MR) is 322 cm³/mol. The van der Waals surface area contributed by atoms with Gasteiger partial charge in [0.2, 0.25) is 0 Å². The Hall–Kier alpha value is -8.02. The molecule has 9 rings (SSSR count). The summed E-state index contributed by atoms with van der Waals surface area (Å²) < 4.78 is 124. The van der Waals surface area contributed by atoms with Gasteiger partial charge in [0.15, 0.2) is 28.8 Å². The van der Waals surface area contributed by atoms with E-state index in [2.05, 4.69) is 24.9 Å². The van der Waals surface area contributed by atoms with E-state index in [1.54, 1.807) is 86.6 Å². The fourth-order valence-corrected chi connectivity index (χ4v) is 10.4. The fraction of sp³-hybridized carbons (Fsp3) is 0.500. The zero-order valence-electron chi connectivity index (χ0n) is 54.1. The van der Waals surface area contributed by atoms with Gasteiger partial charge in [-0.25, -0.2) is 43.3 Å². The topological polar surface area (TPSA) is 318 Å². The Labute approximate surface area is 562 Å². The van der Waals surface area contributed by atoms with Crippen molar-refractivity contribution >= 4 is 81.0 Å². The number of hydrogen-bond acceptors (Lipinski definition) is 20. The number of carbonyl (C=O) groups is 6. The van der Waals surface area contributed by atoms with E-state index >= 15 is 0 Å². The summed E-state index contributed by atoms with van der Waals surface area (Å²) in [5.74, 6) is -1.05. The number of likely N-dealkylation sites (tertiary alicyclic amines) is 3. The van der Waals surface area contributed by atoms with Gasteiger partial charge in [-0.05, 0) is 106 Å². The van der Waals surface area contributed by atoms with Gasteiger partial charge < -0.3 is 53.6 Å². The zero-order valence-corrected chi connectivity index (χ0v) is 55.6. The maximum absolute atomic E-state index is 13.2. The van der Waals surface area contributed by atoms with Crippen molar-refractivity contribution in [1.29, 1.82) is 0 Å². The van der Waals surface area contributed by atoms with Crippen LogP contribution < -0.4 is 37.8 Å². The van der Waals surface area contributed by atoms with E-state index in [9.17, 15) is 65.3 Å². The minimum atomic E-state index is -4.66. The van der Waals surface area contributed by atoms with Gasteiger partial charge in [-0.2, -0.15) is 36.5 Å². The molecular formula is C60H70Cl2F6LiN9O17. The Kier molecular flexibility index (Phi) is 24.8. The van der Waals surface area contributed by atoms with Gasteiger partial charge >= 0.3 is 61.4 Å². The van der Waals surface area contributed by atoms with Crippen LogP contribution in [-0.2, 0) is 45.7 Å². The van der Waals surface area contributed by atoms with Gasteiger partial charge in [-0.3, -0.25) is 19.5 Å². The Morgan fingerprint density at radius 3 is 1.24 bits per heavy atom. The van der Waals surface area contributed by atoms with Crippen molar-refractivity contribution < 1.29 is 128 Å². The van der Waals surface area contributed by atoms with Gasteiger partial charge in [-0.1, -0.05) is 23.2 Å². The fourth-order valence-electron chi connectivity index (χ4n) is 9.83. The summed E-state index contributed by atoms with van der Waals surface area (Å²) in [7, 11) is 4.07. The monoisotopic (exact) mass is 1380 g/mol. The number of nitrogens with zero attached hydrogens (tertiary/aromatic N) is 9. The number of aliphatic hydroxyl groups excluding tert-OH is 1. The van der Waals surface area contributed by atoms with E-state index in [1.165, 1.54) is 50.2 Å². The molecule has 514 valence electrons. The van der Waals surface area contributed by atoms with E-state index in [0.717, 1.165) is 38.8 Å². The van der Waals surface area contributed by atoms with Crippen LogP contribution in [0.1, 0.15) is 99.9 Å². The number of aliphatic carboxylic acids is 1.